The van der Waals surface area contributed by atoms with Gasteiger partial charge < -0.3 is 4.74 Å². The van der Waals surface area contributed by atoms with Crippen molar-refractivity contribution in [3.05, 3.63) is 0 Å². The molecule has 0 amide bonds. The third-order valence-corrected chi connectivity index (χ3v) is 12.1. The van der Waals surface area contributed by atoms with Crippen molar-refractivity contribution in [1.29, 1.82) is 0 Å². The predicted octanol–water partition coefficient (Wildman–Crippen LogP) is 6.77. The molecule has 192 valence electrons. The minimum Gasteiger partial charge on any atom is -0.463 e. The number of carbonyl (C=O) groups is 3. The van der Waals surface area contributed by atoms with Crippen LogP contribution in [0.25, 0.3) is 0 Å². The highest BCUT2D eigenvalue weighted by molar-refractivity contribution is 9.09. The van der Waals surface area contributed by atoms with Crippen LogP contribution in [0.4, 0.5) is 0 Å². The summed E-state index contributed by atoms with van der Waals surface area (Å²) < 4.78 is 5.61. The molecule has 0 aromatic carbocycles. The van der Waals surface area contributed by atoms with E-state index in [1.54, 1.807) is 0 Å². The smallest absolute Gasteiger partial charge is 0.302 e. The molecule has 0 radical (unpaired) electrons. The number of ether oxygens (including phenoxy) is 1. The van der Waals surface area contributed by atoms with E-state index >= 15 is 0 Å². The first-order chi connectivity index (χ1) is 16.0. The number of carbonyl (C=O) groups excluding carboxylic acids is 3. The SMILES string of the molecule is CC(=O)O[C@H]1CC[C@@]2(C)[C@@H](CC[C@@H]3[C@@H]2CC[C@]2(C)[C@@H]([C@H](C)C(=O)CC[C@@H](C)CBr)C(=O)C[C@@H]32)C1. The van der Waals surface area contributed by atoms with E-state index in [1.807, 2.05) is 6.92 Å². The molecule has 4 aliphatic rings. The molecule has 4 fully saturated rings. The maximum absolute atomic E-state index is 13.5. The van der Waals surface area contributed by atoms with Crippen molar-refractivity contribution in [3.8, 4) is 0 Å². The zero-order valence-corrected chi connectivity index (χ0v) is 23.5. The summed E-state index contributed by atoms with van der Waals surface area (Å²) in [6.45, 7) is 10.6. The van der Waals surface area contributed by atoms with Gasteiger partial charge in [0.05, 0.1) is 0 Å². The molecule has 5 heteroatoms. The van der Waals surface area contributed by atoms with Crippen LogP contribution in [0.15, 0.2) is 0 Å². The van der Waals surface area contributed by atoms with Crippen molar-refractivity contribution in [2.24, 2.45) is 52.3 Å². The molecule has 0 saturated heterocycles. The normalized spacial score (nSPS) is 43.3. The third kappa shape index (κ3) is 4.57. The lowest BCUT2D eigenvalue weighted by Crippen LogP contribution is -2.54. The standard InChI is InChI=1S/C29H45BrO4/c1-17(16-30)6-9-25(32)18(2)27-26(33)15-24-22-8-7-20-14-21(34-19(3)31)10-12-28(20,4)23(22)11-13-29(24,27)5/h17-18,20-24,27H,6-16H2,1-5H3/t17-,18-,20+,21+,22-,23+,24+,27+,28+,29+/m1/s1. The van der Waals surface area contributed by atoms with Gasteiger partial charge in [-0.3, -0.25) is 14.4 Å². The topological polar surface area (TPSA) is 60.4 Å². The summed E-state index contributed by atoms with van der Waals surface area (Å²) in [5, 5.41) is 0.918. The van der Waals surface area contributed by atoms with E-state index < -0.39 is 0 Å². The predicted molar refractivity (Wildman–Crippen MR) is 138 cm³/mol. The summed E-state index contributed by atoms with van der Waals surface area (Å²) >= 11 is 3.52. The summed E-state index contributed by atoms with van der Waals surface area (Å²) in [6.07, 6.45) is 9.95. The van der Waals surface area contributed by atoms with Gasteiger partial charge in [0.2, 0.25) is 0 Å². The number of Topliss-reactive ketones (excluding diaryl/α,β-unsaturated/α-hetero) is 2. The van der Waals surface area contributed by atoms with Gasteiger partial charge in [0.15, 0.2) is 0 Å². The second kappa shape index (κ2) is 9.98. The highest BCUT2D eigenvalue weighted by Crippen LogP contribution is 2.67. The fraction of sp³-hybridized carbons (Fsp3) is 0.897. The van der Waals surface area contributed by atoms with Gasteiger partial charge in [0.25, 0.3) is 0 Å². The van der Waals surface area contributed by atoms with Crippen LogP contribution in [0.2, 0.25) is 0 Å². The van der Waals surface area contributed by atoms with Crippen LogP contribution in [0.3, 0.4) is 0 Å². The van der Waals surface area contributed by atoms with E-state index in [9.17, 15) is 14.4 Å². The number of alkyl halides is 1. The van der Waals surface area contributed by atoms with E-state index in [0.717, 1.165) is 37.4 Å². The van der Waals surface area contributed by atoms with E-state index in [4.69, 9.17) is 4.74 Å². The van der Waals surface area contributed by atoms with Crippen molar-refractivity contribution < 1.29 is 19.1 Å². The summed E-state index contributed by atoms with van der Waals surface area (Å²) in [7, 11) is 0. The van der Waals surface area contributed by atoms with Crippen LogP contribution in [-0.2, 0) is 19.1 Å². The minimum absolute atomic E-state index is 0.0352. The van der Waals surface area contributed by atoms with Gasteiger partial charge in [-0.15, -0.1) is 0 Å². The fourth-order valence-electron chi connectivity index (χ4n) is 9.12. The van der Waals surface area contributed by atoms with Crippen molar-refractivity contribution in [2.45, 2.75) is 105 Å². The van der Waals surface area contributed by atoms with E-state index in [0.29, 0.717) is 48.2 Å². The second-order valence-electron chi connectivity index (χ2n) is 12.9. The number of hydrogen-bond acceptors (Lipinski definition) is 4. The van der Waals surface area contributed by atoms with Gasteiger partial charge in [-0.2, -0.15) is 0 Å². The van der Waals surface area contributed by atoms with Crippen LogP contribution in [0.5, 0.6) is 0 Å². The van der Waals surface area contributed by atoms with Crippen LogP contribution >= 0.6 is 15.9 Å². The number of hydrogen-bond donors (Lipinski definition) is 0. The quantitative estimate of drug-likeness (QED) is 0.266. The average Bonchev–Trinajstić information content (AvgIpc) is 3.06. The van der Waals surface area contributed by atoms with Crippen molar-refractivity contribution >= 4 is 33.5 Å². The molecule has 34 heavy (non-hydrogen) atoms. The molecule has 0 unspecified atom stereocenters. The number of fused-ring (bicyclic) bond motifs is 5. The van der Waals surface area contributed by atoms with Gasteiger partial charge in [0.1, 0.15) is 17.7 Å². The number of esters is 1. The largest absolute Gasteiger partial charge is 0.463 e. The maximum Gasteiger partial charge on any atom is 0.302 e. The summed E-state index contributed by atoms with van der Waals surface area (Å²) in [4.78, 5) is 38.1. The van der Waals surface area contributed by atoms with E-state index in [1.165, 1.54) is 26.2 Å². The van der Waals surface area contributed by atoms with Crippen molar-refractivity contribution in [2.75, 3.05) is 5.33 Å². The molecular formula is C29H45BrO4. The van der Waals surface area contributed by atoms with E-state index in [2.05, 4.69) is 36.7 Å². The Balaban J connectivity index is 1.48. The highest BCUT2D eigenvalue weighted by Gasteiger charge is 2.63. The second-order valence-corrected chi connectivity index (χ2v) is 13.6. The molecule has 4 saturated carbocycles. The molecule has 10 atom stereocenters. The van der Waals surface area contributed by atoms with E-state index in [-0.39, 0.29) is 40.5 Å². The molecule has 0 bridgehead atoms. The lowest BCUT2D eigenvalue weighted by Gasteiger charge is -2.61. The number of halogens is 1. The molecule has 4 rings (SSSR count). The number of ketones is 2. The summed E-state index contributed by atoms with van der Waals surface area (Å²) in [5.74, 6) is 2.99. The number of rotatable bonds is 7. The monoisotopic (exact) mass is 536 g/mol. The Bertz CT molecular complexity index is 810. The van der Waals surface area contributed by atoms with Crippen LogP contribution in [0, 0.1) is 52.3 Å². The molecular weight excluding hydrogens is 492 g/mol. The van der Waals surface area contributed by atoms with Crippen molar-refractivity contribution in [3.63, 3.8) is 0 Å². The van der Waals surface area contributed by atoms with Gasteiger partial charge in [-0.05, 0) is 91.8 Å². The summed E-state index contributed by atoms with van der Waals surface area (Å²) in [5.41, 5.74) is 0.252. The van der Waals surface area contributed by atoms with Gasteiger partial charge >= 0.3 is 5.97 Å². The average molecular weight is 538 g/mol. The Hall–Kier alpha value is -0.710. The first kappa shape index (κ1) is 26.4. The van der Waals surface area contributed by atoms with Gasteiger partial charge in [0, 0.05) is 36.9 Å². The van der Waals surface area contributed by atoms with Crippen LogP contribution in [0.1, 0.15) is 98.8 Å². The third-order valence-electron chi connectivity index (χ3n) is 11.0. The minimum atomic E-state index is -0.160. The van der Waals surface area contributed by atoms with Crippen LogP contribution < -0.4 is 0 Å². The molecule has 4 nitrogen and oxygen atoms in total. The Labute approximate surface area is 214 Å². The molecule has 0 N–H and O–H groups in total. The Morgan fingerprint density at radius 3 is 2.44 bits per heavy atom. The first-order valence-electron chi connectivity index (χ1n) is 13.8. The van der Waals surface area contributed by atoms with Gasteiger partial charge in [-0.25, -0.2) is 0 Å². The lowest BCUT2D eigenvalue weighted by atomic mass is 9.44. The molecule has 0 heterocycles. The Morgan fingerprint density at radius 1 is 1.06 bits per heavy atom. The Kier molecular flexibility index (Phi) is 7.73. The zero-order chi connectivity index (χ0) is 24.8. The zero-order valence-electron chi connectivity index (χ0n) is 21.9. The first-order valence-corrected chi connectivity index (χ1v) is 14.9. The van der Waals surface area contributed by atoms with Gasteiger partial charge in [-0.1, -0.05) is 43.6 Å². The molecule has 0 aromatic rings. The van der Waals surface area contributed by atoms with Crippen molar-refractivity contribution in [1.82, 2.24) is 0 Å². The highest BCUT2D eigenvalue weighted by atomic mass is 79.9. The molecule has 0 aromatic heterocycles. The lowest BCUT2D eigenvalue weighted by molar-refractivity contribution is -0.160. The van der Waals surface area contributed by atoms with Crippen LogP contribution in [-0.4, -0.2) is 29.0 Å². The Morgan fingerprint density at radius 2 is 1.76 bits per heavy atom. The molecule has 4 aliphatic carbocycles. The maximum atomic E-state index is 13.5. The molecule has 0 spiro atoms. The molecule has 0 aliphatic heterocycles. The fourth-order valence-corrected chi connectivity index (χ4v) is 9.44. The summed E-state index contributed by atoms with van der Waals surface area (Å²) in [6, 6.07) is 0.